The Morgan fingerprint density at radius 1 is 1.38 bits per heavy atom. The third-order valence-corrected chi connectivity index (χ3v) is 4.02. The summed E-state index contributed by atoms with van der Waals surface area (Å²) in [6, 6.07) is 4.08. The Morgan fingerprint density at radius 3 is 2.69 bits per heavy atom. The Balaban J connectivity index is 2.11. The van der Waals surface area contributed by atoms with Crippen molar-refractivity contribution < 1.29 is 4.42 Å². The summed E-state index contributed by atoms with van der Waals surface area (Å²) in [6.45, 7) is 1.99. The minimum atomic E-state index is 0.763. The van der Waals surface area contributed by atoms with Crippen molar-refractivity contribution in [2.24, 2.45) is 5.92 Å². The standard InChI is InChI=1S/C14H19BrO/c1-11-7-8-14(16-11)9-13(10-15)12-5-3-2-4-6-12/h7-9,12H,2-6,10H2,1H3. The Hall–Kier alpha value is -0.500. The average molecular weight is 283 g/mol. The molecule has 1 heterocycles. The van der Waals surface area contributed by atoms with Crippen LogP contribution >= 0.6 is 15.9 Å². The number of hydrogen-bond donors (Lipinski definition) is 0. The molecule has 1 aliphatic carbocycles. The molecule has 0 saturated heterocycles. The van der Waals surface area contributed by atoms with Crippen LogP contribution in [0.1, 0.15) is 43.6 Å². The molecule has 88 valence electrons. The van der Waals surface area contributed by atoms with E-state index in [2.05, 4.69) is 28.1 Å². The molecule has 1 aromatic rings. The normalized spacial score (nSPS) is 19.0. The topological polar surface area (TPSA) is 13.1 Å². The lowest BCUT2D eigenvalue weighted by atomic mass is 9.84. The molecule has 0 bridgehead atoms. The predicted octanol–water partition coefficient (Wildman–Crippen LogP) is 4.95. The van der Waals surface area contributed by atoms with Crippen LogP contribution in [0, 0.1) is 12.8 Å². The average Bonchev–Trinajstić information content (AvgIpc) is 2.73. The van der Waals surface area contributed by atoms with Crippen LogP contribution < -0.4 is 0 Å². The lowest BCUT2D eigenvalue weighted by Crippen LogP contribution is -2.09. The van der Waals surface area contributed by atoms with Crippen LogP contribution in [0.5, 0.6) is 0 Å². The fraction of sp³-hybridized carbons (Fsp3) is 0.571. The van der Waals surface area contributed by atoms with E-state index >= 15 is 0 Å². The second kappa shape index (κ2) is 5.72. The van der Waals surface area contributed by atoms with Crippen molar-refractivity contribution in [1.29, 1.82) is 0 Å². The molecule has 0 spiro atoms. The molecule has 1 aliphatic rings. The Labute approximate surface area is 106 Å². The maximum atomic E-state index is 5.61. The summed E-state index contributed by atoms with van der Waals surface area (Å²) in [5.74, 6) is 2.75. The van der Waals surface area contributed by atoms with Crippen LogP contribution in [0.15, 0.2) is 22.1 Å². The van der Waals surface area contributed by atoms with Crippen molar-refractivity contribution in [3.63, 3.8) is 0 Å². The number of aryl methyl sites for hydroxylation is 1. The van der Waals surface area contributed by atoms with Gasteiger partial charge >= 0.3 is 0 Å². The minimum absolute atomic E-state index is 0.763. The summed E-state index contributed by atoms with van der Waals surface area (Å²) in [4.78, 5) is 0. The highest BCUT2D eigenvalue weighted by atomic mass is 79.9. The SMILES string of the molecule is Cc1ccc(C=C(CBr)C2CCCCC2)o1. The number of furan rings is 1. The quantitative estimate of drug-likeness (QED) is 0.715. The molecule has 0 amide bonds. The van der Waals surface area contributed by atoms with Crippen LogP contribution in [0.2, 0.25) is 0 Å². The zero-order chi connectivity index (χ0) is 11.4. The molecule has 1 nitrogen and oxygen atoms in total. The van der Waals surface area contributed by atoms with Gasteiger partial charge in [-0.25, -0.2) is 0 Å². The zero-order valence-corrected chi connectivity index (χ0v) is 11.4. The van der Waals surface area contributed by atoms with Crippen LogP contribution in [0.4, 0.5) is 0 Å². The molecule has 0 aromatic carbocycles. The Morgan fingerprint density at radius 2 is 2.12 bits per heavy atom. The third kappa shape index (κ3) is 3.00. The molecular weight excluding hydrogens is 264 g/mol. The molecule has 2 rings (SSSR count). The smallest absolute Gasteiger partial charge is 0.127 e. The van der Waals surface area contributed by atoms with Gasteiger partial charge in [0, 0.05) is 5.33 Å². The number of rotatable bonds is 3. The van der Waals surface area contributed by atoms with Crippen molar-refractivity contribution >= 4 is 22.0 Å². The van der Waals surface area contributed by atoms with Crippen molar-refractivity contribution in [3.05, 3.63) is 29.2 Å². The summed E-state index contributed by atoms with van der Waals surface area (Å²) in [7, 11) is 0. The van der Waals surface area contributed by atoms with E-state index in [0.29, 0.717) is 0 Å². The Kier molecular flexibility index (Phi) is 4.28. The van der Waals surface area contributed by atoms with Gasteiger partial charge in [-0.3, -0.25) is 0 Å². The van der Waals surface area contributed by atoms with Crippen LogP contribution in [0.25, 0.3) is 6.08 Å². The second-order valence-electron chi connectivity index (χ2n) is 4.64. The highest BCUT2D eigenvalue weighted by Crippen LogP contribution is 2.31. The molecule has 0 N–H and O–H groups in total. The molecule has 16 heavy (non-hydrogen) atoms. The van der Waals surface area contributed by atoms with Crippen molar-refractivity contribution in [2.45, 2.75) is 39.0 Å². The van der Waals surface area contributed by atoms with E-state index in [1.807, 2.05) is 13.0 Å². The minimum Gasteiger partial charge on any atom is -0.462 e. The monoisotopic (exact) mass is 282 g/mol. The fourth-order valence-electron chi connectivity index (χ4n) is 2.45. The number of alkyl halides is 1. The summed E-state index contributed by atoms with van der Waals surface area (Å²) < 4.78 is 5.61. The van der Waals surface area contributed by atoms with E-state index in [-0.39, 0.29) is 0 Å². The largest absolute Gasteiger partial charge is 0.462 e. The van der Waals surface area contributed by atoms with Gasteiger partial charge in [-0.15, -0.1) is 0 Å². The van der Waals surface area contributed by atoms with Gasteiger partial charge in [-0.1, -0.05) is 40.8 Å². The first-order chi connectivity index (χ1) is 7.79. The lowest BCUT2D eigenvalue weighted by molar-refractivity contribution is 0.405. The first kappa shape index (κ1) is 12.0. The molecule has 0 unspecified atom stereocenters. The third-order valence-electron chi connectivity index (χ3n) is 3.37. The Bertz CT molecular complexity index is 359. The molecular formula is C14H19BrO. The zero-order valence-electron chi connectivity index (χ0n) is 9.84. The highest BCUT2D eigenvalue weighted by Gasteiger charge is 2.17. The molecule has 1 saturated carbocycles. The van der Waals surface area contributed by atoms with E-state index in [9.17, 15) is 0 Å². The van der Waals surface area contributed by atoms with Gasteiger partial charge in [-0.2, -0.15) is 0 Å². The molecule has 0 atom stereocenters. The van der Waals surface area contributed by atoms with Gasteiger partial charge < -0.3 is 4.42 Å². The molecule has 2 heteroatoms. The van der Waals surface area contributed by atoms with E-state index in [4.69, 9.17) is 4.42 Å². The summed E-state index contributed by atoms with van der Waals surface area (Å²) in [5.41, 5.74) is 1.49. The van der Waals surface area contributed by atoms with Gasteiger partial charge in [0.05, 0.1) is 0 Å². The van der Waals surface area contributed by atoms with E-state index in [1.54, 1.807) is 0 Å². The van der Waals surface area contributed by atoms with Gasteiger partial charge in [0.15, 0.2) is 0 Å². The van der Waals surface area contributed by atoms with Crippen LogP contribution in [-0.2, 0) is 0 Å². The fourth-order valence-corrected chi connectivity index (χ4v) is 3.07. The molecule has 0 aliphatic heterocycles. The molecule has 0 radical (unpaired) electrons. The van der Waals surface area contributed by atoms with E-state index in [0.717, 1.165) is 22.8 Å². The van der Waals surface area contributed by atoms with Crippen molar-refractivity contribution in [3.8, 4) is 0 Å². The maximum absolute atomic E-state index is 5.61. The lowest BCUT2D eigenvalue weighted by Gasteiger charge is -2.23. The summed E-state index contributed by atoms with van der Waals surface area (Å²) >= 11 is 3.61. The van der Waals surface area contributed by atoms with E-state index < -0.39 is 0 Å². The second-order valence-corrected chi connectivity index (χ2v) is 5.20. The van der Waals surface area contributed by atoms with Gasteiger partial charge in [-0.05, 0) is 43.9 Å². The number of allylic oxidation sites excluding steroid dienone is 1. The van der Waals surface area contributed by atoms with Crippen LogP contribution in [-0.4, -0.2) is 5.33 Å². The number of hydrogen-bond acceptors (Lipinski definition) is 1. The van der Waals surface area contributed by atoms with Crippen molar-refractivity contribution in [1.82, 2.24) is 0 Å². The van der Waals surface area contributed by atoms with Gasteiger partial charge in [0.25, 0.3) is 0 Å². The molecule has 1 fully saturated rings. The first-order valence-corrected chi connectivity index (χ1v) is 7.24. The van der Waals surface area contributed by atoms with Gasteiger partial charge in [0.1, 0.15) is 11.5 Å². The first-order valence-electron chi connectivity index (χ1n) is 6.12. The van der Waals surface area contributed by atoms with Crippen molar-refractivity contribution in [2.75, 3.05) is 5.33 Å². The predicted molar refractivity (Wildman–Crippen MR) is 71.8 cm³/mol. The number of halogens is 1. The van der Waals surface area contributed by atoms with Gasteiger partial charge in [0.2, 0.25) is 0 Å². The maximum Gasteiger partial charge on any atom is 0.127 e. The molecule has 1 aromatic heterocycles. The summed E-state index contributed by atoms with van der Waals surface area (Å²) in [5, 5.41) is 0.970. The van der Waals surface area contributed by atoms with Crippen LogP contribution in [0.3, 0.4) is 0 Å². The highest BCUT2D eigenvalue weighted by molar-refractivity contribution is 9.09. The van der Waals surface area contributed by atoms with E-state index in [1.165, 1.54) is 37.7 Å². The summed E-state index contributed by atoms with van der Waals surface area (Å²) in [6.07, 6.45) is 9.08.